The van der Waals surface area contributed by atoms with E-state index in [-0.39, 0.29) is 33.0 Å². The van der Waals surface area contributed by atoms with Crippen molar-refractivity contribution in [3.63, 3.8) is 0 Å². The van der Waals surface area contributed by atoms with Crippen LogP contribution in [0.1, 0.15) is 27.0 Å². The van der Waals surface area contributed by atoms with Crippen molar-refractivity contribution in [2.24, 2.45) is 0 Å². The molecule has 0 spiro atoms. The average molecular weight is 575 g/mol. The van der Waals surface area contributed by atoms with Crippen molar-refractivity contribution in [3.8, 4) is 0 Å². The van der Waals surface area contributed by atoms with Crippen LogP contribution >= 0.6 is 0 Å². The van der Waals surface area contributed by atoms with E-state index >= 15 is 0 Å². The fraction of sp³-hybridized carbons (Fsp3) is 0.348. The lowest BCUT2D eigenvalue weighted by Crippen LogP contribution is -2.50. The van der Waals surface area contributed by atoms with E-state index in [0.717, 1.165) is 27.0 Å². The van der Waals surface area contributed by atoms with Crippen molar-refractivity contribution in [1.29, 1.82) is 0 Å². The molecular weight excluding hydrogens is 556 g/mol. The van der Waals surface area contributed by atoms with Gasteiger partial charge in [0.15, 0.2) is 0 Å². The Kier molecular flexibility index (Phi) is 8.63. The number of hydrogen-bond donors (Lipinski definition) is 2. The highest BCUT2D eigenvalue weighted by Crippen LogP contribution is 2.53. The predicted molar refractivity (Wildman–Crippen MR) is 118 cm³/mol. The number of amides is 3. The molecule has 0 atom stereocenters. The molecule has 0 aliphatic heterocycles. The number of likely N-dealkylation sites (N-methyl/N-ethyl adjacent to an activating group) is 1. The second-order valence-corrected chi connectivity index (χ2v) is 8.40. The average Bonchev–Trinajstić information content (AvgIpc) is 2.77. The number of nitrogens with zero attached hydrogens (tertiary/aromatic N) is 1. The molecule has 0 aromatic heterocycles. The zero-order chi connectivity index (χ0) is 30.1. The first-order valence-corrected chi connectivity index (χ1v) is 10.6. The number of nitrogens with one attached hydrogen (secondary N) is 2. The first-order valence-electron chi connectivity index (χ1n) is 10.6. The van der Waals surface area contributed by atoms with Gasteiger partial charge >= 0.3 is 36.0 Å². The van der Waals surface area contributed by atoms with Gasteiger partial charge in [-0.2, -0.15) is 39.5 Å². The molecule has 3 amide bonds. The van der Waals surface area contributed by atoms with Gasteiger partial charge in [-0.25, -0.2) is 4.39 Å². The fourth-order valence-corrected chi connectivity index (χ4v) is 3.47. The normalized spacial score (nSPS) is 12.6. The van der Waals surface area contributed by atoms with Crippen molar-refractivity contribution >= 4 is 29.1 Å². The minimum atomic E-state index is -6.33. The summed E-state index contributed by atoms with van der Waals surface area (Å²) >= 11 is 0. The Morgan fingerprint density at radius 3 is 1.77 bits per heavy atom. The summed E-state index contributed by atoms with van der Waals surface area (Å²) in [7, 11) is 0.742. The molecule has 2 aromatic rings. The maximum Gasteiger partial charge on any atom is 0.435 e. The highest BCUT2D eigenvalue weighted by molar-refractivity contribution is 6.39. The Labute approximate surface area is 214 Å². The third kappa shape index (κ3) is 6.97. The van der Waals surface area contributed by atoms with E-state index in [4.69, 9.17) is 0 Å². The largest absolute Gasteiger partial charge is 0.435 e. The van der Waals surface area contributed by atoms with E-state index in [1.807, 2.05) is 5.32 Å². The van der Waals surface area contributed by atoms with E-state index in [2.05, 4.69) is 5.32 Å². The molecule has 0 bridgehead atoms. The van der Waals surface area contributed by atoms with Gasteiger partial charge in [-0.3, -0.25) is 14.4 Å². The molecule has 214 valence electrons. The lowest BCUT2D eigenvalue weighted by molar-refractivity contribution is -0.348. The molecule has 2 N–H and O–H groups in total. The Morgan fingerprint density at radius 2 is 1.31 bits per heavy atom. The monoisotopic (exact) mass is 575 g/mol. The van der Waals surface area contributed by atoms with Gasteiger partial charge in [-0.15, -0.1) is 0 Å². The lowest BCUT2D eigenvalue weighted by Gasteiger charge is -2.31. The molecule has 0 heterocycles. The van der Waals surface area contributed by atoms with Gasteiger partial charge in [0.2, 0.25) is 0 Å². The van der Waals surface area contributed by atoms with Crippen LogP contribution in [0.2, 0.25) is 0 Å². The summed E-state index contributed by atoms with van der Waals surface area (Å²) in [6, 6.07) is 5.17. The van der Waals surface area contributed by atoms with E-state index < -0.39 is 54.0 Å². The molecule has 16 heteroatoms. The van der Waals surface area contributed by atoms with Crippen LogP contribution in [-0.2, 0) is 15.3 Å². The highest BCUT2D eigenvalue weighted by Gasteiger charge is 2.73. The Hall–Kier alpha value is -3.85. The number of alkyl halides is 10. The zero-order valence-corrected chi connectivity index (χ0v) is 20.1. The molecule has 0 aliphatic rings. The number of rotatable bonds is 5. The van der Waals surface area contributed by atoms with Crippen LogP contribution < -0.4 is 10.6 Å². The highest BCUT2D eigenvalue weighted by atomic mass is 19.4. The van der Waals surface area contributed by atoms with Gasteiger partial charge in [0.1, 0.15) is 6.54 Å². The number of carbonyl (C=O) groups excluding carboxylic acids is 3. The standard InChI is InChI=1S/C23H19F10N3O3/c1-11-7-14(21(27,22(28,29)30)23(31,32)33)8-12(2)16(11)35-17(37)13-5-4-6-15(9-13)34-18(38)19(39)36(3)10-20(24,25)26/h4-9H,10H2,1-3H3,(H,34,38)(H,35,37). The number of aryl methyl sites for hydroxylation is 2. The van der Waals surface area contributed by atoms with E-state index in [9.17, 15) is 58.3 Å². The van der Waals surface area contributed by atoms with E-state index in [1.54, 1.807) is 0 Å². The zero-order valence-electron chi connectivity index (χ0n) is 20.1. The SMILES string of the molecule is Cc1cc(C(F)(C(F)(F)F)C(F)(F)F)cc(C)c1NC(=O)c1cccc(NC(=O)C(=O)N(C)CC(F)(F)F)c1. The van der Waals surface area contributed by atoms with E-state index in [1.165, 1.54) is 18.2 Å². The first-order chi connectivity index (χ1) is 17.6. The molecule has 0 fully saturated rings. The van der Waals surface area contributed by atoms with Crippen LogP contribution in [0.15, 0.2) is 36.4 Å². The molecule has 2 aromatic carbocycles. The summed E-state index contributed by atoms with van der Waals surface area (Å²) in [5, 5.41) is 4.27. The van der Waals surface area contributed by atoms with Crippen LogP contribution in [0.3, 0.4) is 0 Å². The van der Waals surface area contributed by atoms with Gasteiger partial charge in [0.05, 0.1) is 0 Å². The van der Waals surface area contributed by atoms with Crippen LogP contribution in [0.4, 0.5) is 55.3 Å². The summed E-state index contributed by atoms with van der Waals surface area (Å²) in [5.41, 5.74) is -8.72. The molecule has 2 rings (SSSR count). The number of halogens is 10. The third-order valence-electron chi connectivity index (χ3n) is 5.29. The van der Waals surface area contributed by atoms with Crippen LogP contribution in [0, 0.1) is 13.8 Å². The van der Waals surface area contributed by atoms with Crippen LogP contribution in [0.25, 0.3) is 0 Å². The Balaban J connectivity index is 2.29. The van der Waals surface area contributed by atoms with Gasteiger partial charge in [0.25, 0.3) is 5.91 Å². The van der Waals surface area contributed by atoms with Gasteiger partial charge in [-0.05, 0) is 43.2 Å². The molecule has 0 aliphatic carbocycles. The number of carbonyl (C=O) groups is 3. The van der Waals surface area contributed by atoms with Gasteiger partial charge in [0, 0.05) is 29.5 Å². The summed E-state index contributed by atoms with van der Waals surface area (Å²) in [4.78, 5) is 36.7. The first kappa shape index (κ1) is 31.4. The van der Waals surface area contributed by atoms with Crippen molar-refractivity contribution < 1.29 is 58.3 Å². The van der Waals surface area contributed by atoms with Crippen molar-refractivity contribution in [2.75, 3.05) is 24.2 Å². The van der Waals surface area contributed by atoms with Crippen molar-refractivity contribution in [2.45, 2.75) is 38.0 Å². The molecule has 0 radical (unpaired) electrons. The molecule has 39 heavy (non-hydrogen) atoms. The quantitative estimate of drug-likeness (QED) is 0.349. The summed E-state index contributed by atoms with van der Waals surface area (Å²) in [6.07, 6.45) is -17.4. The molecule has 0 saturated carbocycles. The molecule has 0 unspecified atom stereocenters. The minimum Gasteiger partial charge on any atom is -0.328 e. The smallest absolute Gasteiger partial charge is 0.328 e. The third-order valence-corrected chi connectivity index (χ3v) is 5.29. The Morgan fingerprint density at radius 1 is 0.795 bits per heavy atom. The molecular formula is C23H19F10N3O3. The van der Waals surface area contributed by atoms with Gasteiger partial charge in [-0.1, -0.05) is 18.2 Å². The summed E-state index contributed by atoms with van der Waals surface area (Å²) in [5.74, 6) is -3.95. The topological polar surface area (TPSA) is 78.5 Å². The van der Waals surface area contributed by atoms with Gasteiger partial charge < -0.3 is 15.5 Å². The number of anilines is 2. The fourth-order valence-electron chi connectivity index (χ4n) is 3.47. The molecule has 6 nitrogen and oxygen atoms in total. The van der Waals surface area contributed by atoms with Crippen molar-refractivity contribution in [1.82, 2.24) is 4.90 Å². The molecule has 0 saturated heterocycles. The second-order valence-electron chi connectivity index (χ2n) is 8.40. The summed E-state index contributed by atoms with van der Waals surface area (Å²) < 4.78 is 130. The minimum absolute atomic E-state index is 0.116. The van der Waals surface area contributed by atoms with E-state index in [0.29, 0.717) is 12.1 Å². The Bertz CT molecular complexity index is 1230. The van der Waals surface area contributed by atoms with Crippen LogP contribution in [0.5, 0.6) is 0 Å². The summed E-state index contributed by atoms with van der Waals surface area (Å²) in [6.45, 7) is 0.382. The van der Waals surface area contributed by atoms with Crippen LogP contribution in [-0.4, -0.2) is 54.7 Å². The number of hydrogen-bond acceptors (Lipinski definition) is 3. The maximum atomic E-state index is 14.4. The number of benzene rings is 2. The lowest BCUT2D eigenvalue weighted by atomic mass is 9.90. The predicted octanol–water partition coefficient (Wildman–Crippen LogP) is 5.80. The van der Waals surface area contributed by atoms with Crippen molar-refractivity contribution in [3.05, 3.63) is 58.7 Å². The second kappa shape index (κ2) is 10.7. The maximum absolute atomic E-state index is 14.4.